The summed E-state index contributed by atoms with van der Waals surface area (Å²) in [7, 11) is -2.30. The Morgan fingerprint density at radius 3 is 2.80 bits per heavy atom. The molecule has 0 aromatic carbocycles. The highest BCUT2D eigenvalue weighted by atomic mass is 32.2. The highest BCUT2D eigenvalue weighted by Crippen LogP contribution is 2.01. The van der Waals surface area contributed by atoms with E-state index in [9.17, 15) is 8.42 Å². The fourth-order valence-electron chi connectivity index (χ4n) is 0.763. The van der Waals surface area contributed by atoms with E-state index in [0.717, 1.165) is 0 Å². The summed E-state index contributed by atoms with van der Waals surface area (Å²) in [6, 6.07) is 0. The first-order valence-corrected chi connectivity index (χ1v) is 5.28. The molecule has 1 aromatic heterocycles. The predicted octanol–water partition coefficient (Wildman–Crippen LogP) is -2.09. The number of hydrogen-bond acceptors (Lipinski definition) is 6. The molecule has 0 spiro atoms. The molecule has 0 atom stereocenters. The Morgan fingerprint density at radius 1 is 1.60 bits per heavy atom. The van der Waals surface area contributed by atoms with Crippen molar-refractivity contribution in [2.24, 2.45) is 5.73 Å². The number of hydrogen-bond donors (Lipinski definition) is 4. The van der Waals surface area contributed by atoms with Crippen molar-refractivity contribution >= 4 is 16.0 Å². The number of nitrogen functional groups attached to an aromatic ring is 1. The molecule has 0 aliphatic rings. The van der Waals surface area contributed by atoms with Gasteiger partial charge in [-0.05, 0) is 5.16 Å². The molecule has 0 amide bonds. The molecular weight excluding hydrogens is 224 g/mol. The van der Waals surface area contributed by atoms with Crippen LogP contribution in [0.3, 0.4) is 0 Å². The summed E-state index contributed by atoms with van der Waals surface area (Å²) in [6.07, 6.45) is 0. The van der Waals surface area contributed by atoms with Gasteiger partial charge in [-0.1, -0.05) is 5.16 Å². The lowest BCUT2D eigenvalue weighted by Crippen LogP contribution is -2.34. The topological polar surface area (TPSA) is 147 Å². The number of aromatic nitrogens is 2. The van der Waals surface area contributed by atoms with Crippen molar-refractivity contribution in [3.8, 4) is 0 Å². The van der Waals surface area contributed by atoms with E-state index in [4.69, 9.17) is 11.1 Å². The van der Waals surface area contributed by atoms with E-state index in [1.165, 1.54) is 7.05 Å². The summed E-state index contributed by atoms with van der Waals surface area (Å²) in [6.45, 7) is -0.151. The third kappa shape index (κ3) is 2.97. The minimum absolute atomic E-state index is 0.0220. The Labute approximate surface area is 85.7 Å². The van der Waals surface area contributed by atoms with Crippen LogP contribution in [-0.2, 0) is 16.8 Å². The summed E-state index contributed by atoms with van der Waals surface area (Å²) in [5.41, 5.74) is 5.33. The highest BCUT2D eigenvalue weighted by molar-refractivity contribution is 7.87. The van der Waals surface area contributed by atoms with Gasteiger partial charge >= 0.3 is 0 Å². The molecule has 9 nitrogen and oxygen atoms in total. The van der Waals surface area contributed by atoms with Gasteiger partial charge in [-0.3, -0.25) is 5.41 Å². The molecule has 1 aromatic rings. The maximum Gasteiger partial charge on any atom is 0.277 e. The van der Waals surface area contributed by atoms with Crippen LogP contribution >= 0.6 is 0 Å². The fourth-order valence-corrected chi connectivity index (χ4v) is 1.23. The number of nitrogens with two attached hydrogens (primary N) is 1. The van der Waals surface area contributed by atoms with E-state index in [-0.39, 0.29) is 23.8 Å². The highest BCUT2D eigenvalue weighted by Gasteiger charge is 2.15. The van der Waals surface area contributed by atoms with Crippen molar-refractivity contribution in [3.63, 3.8) is 0 Å². The maximum atomic E-state index is 11.0. The van der Waals surface area contributed by atoms with E-state index in [2.05, 4.69) is 19.7 Å². The summed E-state index contributed by atoms with van der Waals surface area (Å²) in [4.78, 5) is 0. The van der Waals surface area contributed by atoms with Gasteiger partial charge in [-0.2, -0.15) is 13.1 Å². The normalized spacial score (nSPS) is 11.5. The number of nitrogens with zero attached hydrogens (tertiary/aromatic N) is 2. The van der Waals surface area contributed by atoms with Crippen LogP contribution in [0.15, 0.2) is 4.63 Å². The van der Waals surface area contributed by atoms with Crippen molar-refractivity contribution < 1.29 is 13.0 Å². The second kappa shape index (κ2) is 4.33. The van der Waals surface area contributed by atoms with E-state index in [0.29, 0.717) is 0 Å². The molecule has 0 saturated heterocycles. The molecule has 1 heterocycles. The molecule has 15 heavy (non-hydrogen) atoms. The van der Waals surface area contributed by atoms with Crippen molar-refractivity contribution in [2.75, 3.05) is 7.05 Å². The first-order valence-electron chi connectivity index (χ1n) is 3.80. The van der Waals surface area contributed by atoms with E-state index in [1.807, 2.05) is 4.72 Å². The average molecular weight is 234 g/mol. The quantitative estimate of drug-likeness (QED) is 0.339. The third-order valence-electron chi connectivity index (χ3n) is 1.51. The first kappa shape index (κ1) is 11.6. The van der Waals surface area contributed by atoms with Crippen LogP contribution in [0, 0.1) is 5.41 Å². The van der Waals surface area contributed by atoms with Gasteiger partial charge in [0.1, 0.15) is 11.5 Å². The van der Waals surface area contributed by atoms with Gasteiger partial charge in [0.2, 0.25) is 0 Å². The van der Waals surface area contributed by atoms with Crippen LogP contribution in [-0.4, -0.2) is 31.6 Å². The van der Waals surface area contributed by atoms with Gasteiger partial charge < -0.3 is 5.73 Å². The molecular formula is C5H10N6O3S. The molecule has 0 bridgehead atoms. The zero-order chi connectivity index (χ0) is 11.5. The average Bonchev–Trinajstić information content (AvgIpc) is 2.63. The number of nitrogens with one attached hydrogen (secondary N) is 3. The lowest BCUT2D eigenvalue weighted by molar-refractivity contribution is 0.302. The Bertz CT molecular complexity index is 451. The second-order valence-corrected chi connectivity index (χ2v) is 4.21. The Kier molecular flexibility index (Phi) is 3.34. The van der Waals surface area contributed by atoms with Crippen molar-refractivity contribution in [1.29, 1.82) is 5.41 Å². The summed E-state index contributed by atoms with van der Waals surface area (Å²) in [5, 5.41) is 13.9. The van der Waals surface area contributed by atoms with Crippen LogP contribution < -0.4 is 15.2 Å². The molecule has 1 rings (SSSR count). The summed E-state index contributed by atoms with van der Waals surface area (Å²) in [5.74, 6) is -0.338. The van der Waals surface area contributed by atoms with Crippen molar-refractivity contribution in [1.82, 2.24) is 19.8 Å². The van der Waals surface area contributed by atoms with Crippen LogP contribution in [0.25, 0.3) is 0 Å². The Morgan fingerprint density at radius 2 is 2.27 bits per heavy atom. The van der Waals surface area contributed by atoms with Crippen molar-refractivity contribution in [2.45, 2.75) is 6.54 Å². The molecule has 0 fully saturated rings. The molecule has 84 valence electrons. The standard InChI is InChI=1S/C5H10N6O3S/c1-8-15(12,13)9-2-3-4(5(6)7)11-14-10-3/h8-9H,2H2,1H3,(H3,6,7). The zero-order valence-corrected chi connectivity index (χ0v) is 8.63. The SMILES string of the molecule is CNS(=O)(=O)NCc1nonc1C(=N)N. The van der Waals surface area contributed by atoms with Crippen LogP contribution in [0.4, 0.5) is 0 Å². The van der Waals surface area contributed by atoms with Crippen LogP contribution in [0.2, 0.25) is 0 Å². The van der Waals surface area contributed by atoms with E-state index < -0.39 is 10.2 Å². The largest absolute Gasteiger partial charge is 0.382 e. The zero-order valence-electron chi connectivity index (χ0n) is 7.81. The second-order valence-electron chi connectivity index (χ2n) is 2.50. The minimum atomic E-state index is -3.56. The third-order valence-corrected chi connectivity index (χ3v) is 2.57. The van der Waals surface area contributed by atoms with E-state index >= 15 is 0 Å². The first-order chi connectivity index (χ1) is 6.96. The van der Waals surface area contributed by atoms with Gasteiger partial charge in [0.15, 0.2) is 5.69 Å². The van der Waals surface area contributed by atoms with Gasteiger partial charge in [-0.15, -0.1) is 0 Å². The molecule has 0 radical (unpaired) electrons. The monoisotopic (exact) mass is 234 g/mol. The van der Waals surface area contributed by atoms with Crippen molar-refractivity contribution in [3.05, 3.63) is 11.4 Å². The molecule has 10 heteroatoms. The van der Waals surface area contributed by atoms with Crippen LogP contribution in [0.5, 0.6) is 0 Å². The van der Waals surface area contributed by atoms with Gasteiger partial charge in [0.25, 0.3) is 10.2 Å². The Balaban J connectivity index is 2.74. The summed E-state index contributed by atoms with van der Waals surface area (Å²) < 4.78 is 30.5. The number of rotatable bonds is 5. The molecule has 0 aliphatic heterocycles. The minimum Gasteiger partial charge on any atom is -0.382 e. The molecule has 0 unspecified atom stereocenters. The lowest BCUT2D eigenvalue weighted by atomic mass is 10.3. The fraction of sp³-hybridized carbons (Fsp3) is 0.400. The molecule has 5 N–H and O–H groups in total. The predicted molar refractivity (Wildman–Crippen MR) is 50.1 cm³/mol. The van der Waals surface area contributed by atoms with Gasteiger partial charge in [-0.25, -0.2) is 9.35 Å². The maximum absolute atomic E-state index is 11.0. The van der Waals surface area contributed by atoms with E-state index in [1.54, 1.807) is 0 Å². The molecule has 0 saturated carbocycles. The number of amidine groups is 1. The van der Waals surface area contributed by atoms with Gasteiger partial charge in [0, 0.05) is 7.05 Å². The molecule has 0 aliphatic carbocycles. The lowest BCUT2D eigenvalue weighted by Gasteiger charge is -2.02. The van der Waals surface area contributed by atoms with Crippen LogP contribution in [0.1, 0.15) is 11.4 Å². The summed E-state index contributed by atoms with van der Waals surface area (Å²) >= 11 is 0. The Hall–Kier alpha value is -1.52. The van der Waals surface area contributed by atoms with Gasteiger partial charge in [0.05, 0.1) is 6.54 Å². The smallest absolute Gasteiger partial charge is 0.277 e.